The van der Waals surface area contributed by atoms with Crippen LogP contribution in [0.4, 0.5) is 14.5 Å². The van der Waals surface area contributed by atoms with Gasteiger partial charge in [0.1, 0.15) is 17.4 Å². The van der Waals surface area contributed by atoms with Gasteiger partial charge in [-0.05, 0) is 50.1 Å². The molecule has 1 aliphatic carbocycles. The van der Waals surface area contributed by atoms with E-state index in [2.05, 4.69) is 10.6 Å². The first-order valence-corrected chi connectivity index (χ1v) is 13.1. The van der Waals surface area contributed by atoms with E-state index in [9.17, 15) is 14.0 Å². The molecule has 0 unspecified atom stereocenters. The fourth-order valence-electron chi connectivity index (χ4n) is 5.43. The molecule has 1 amide bonds. The van der Waals surface area contributed by atoms with Crippen molar-refractivity contribution in [2.75, 3.05) is 25.1 Å². The summed E-state index contributed by atoms with van der Waals surface area (Å²) < 4.78 is 37.4. The number of alkyl halides is 1. The third kappa shape index (κ3) is 4.85. The van der Waals surface area contributed by atoms with Gasteiger partial charge < -0.3 is 24.8 Å². The predicted octanol–water partition coefficient (Wildman–Crippen LogP) is 4.51. The molecule has 3 aromatic rings. The summed E-state index contributed by atoms with van der Waals surface area (Å²) in [5, 5.41) is 6.75. The van der Waals surface area contributed by atoms with Gasteiger partial charge in [0.15, 0.2) is 11.6 Å². The van der Waals surface area contributed by atoms with Crippen molar-refractivity contribution in [3.8, 4) is 5.75 Å². The van der Waals surface area contributed by atoms with E-state index in [1.165, 1.54) is 13.3 Å². The number of anilines is 1. The van der Waals surface area contributed by atoms with Crippen LogP contribution in [-0.2, 0) is 6.54 Å². The number of amides is 1. The molecule has 0 radical (unpaired) electrons. The highest BCUT2D eigenvalue weighted by molar-refractivity contribution is 6.30. The Bertz CT molecular complexity index is 1470. The molecule has 5 rings (SSSR count). The number of carbonyl (C=O) groups is 1. The molecule has 10 heteroatoms. The number of nitrogens with zero attached hydrogens (tertiary/aromatic N) is 2. The van der Waals surface area contributed by atoms with Gasteiger partial charge in [0.2, 0.25) is 5.43 Å². The summed E-state index contributed by atoms with van der Waals surface area (Å²) in [6.45, 7) is 7.14. The number of rotatable bonds is 6. The highest BCUT2D eigenvalue weighted by atomic mass is 35.5. The molecular formula is C28H31ClF2N4O3. The molecule has 4 atom stereocenters. The maximum absolute atomic E-state index is 15.7. The van der Waals surface area contributed by atoms with E-state index in [-0.39, 0.29) is 47.4 Å². The molecule has 1 aromatic heterocycles. The van der Waals surface area contributed by atoms with Crippen LogP contribution in [0.15, 0.2) is 35.3 Å². The summed E-state index contributed by atoms with van der Waals surface area (Å²) in [5.74, 6) is -1.08. The van der Waals surface area contributed by atoms with Crippen molar-refractivity contribution >= 4 is 34.1 Å². The van der Waals surface area contributed by atoms with Crippen LogP contribution in [-0.4, -0.2) is 48.9 Å². The van der Waals surface area contributed by atoms with Crippen molar-refractivity contribution in [2.45, 2.75) is 58.0 Å². The molecule has 2 aliphatic rings. The number of ether oxygens (including phenoxy) is 1. The highest BCUT2D eigenvalue weighted by Crippen LogP contribution is 2.45. The first-order chi connectivity index (χ1) is 18.1. The van der Waals surface area contributed by atoms with E-state index in [0.29, 0.717) is 23.6 Å². The minimum atomic E-state index is -1.13. The zero-order valence-electron chi connectivity index (χ0n) is 21.8. The minimum Gasteiger partial charge on any atom is -0.492 e. The Morgan fingerprint density at radius 3 is 2.53 bits per heavy atom. The normalized spacial score (nSPS) is 23.0. The minimum absolute atomic E-state index is 0.0197. The number of fused-ring (bicyclic) bond motifs is 1. The number of benzene rings is 2. The van der Waals surface area contributed by atoms with Gasteiger partial charge in [0, 0.05) is 49.4 Å². The van der Waals surface area contributed by atoms with Crippen LogP contribution < -0.4 is 25.7 Å². The van der Waals surface area contributed by atoms with E-state index in [1.54, 1.807) is 22.8 Å². The van der Waals surface area contributed by atoms with E-state index < -0.39 is 29.4 Å². The molecule has 2 heterocycles. The van der Waals surface area contributed by atoms with Crippen LogP contribution in [0.1, 0.15) is 47.8 Å². The standard InChI is InChI=1S/C28H31ClF2N4O3/c1-14-7-18(29)6-5-17(14)10-32-28(37)20-13-35(23-9-21(23)30)24-19(26(20)36)8-22(31)25(27(24)38-4)34-11-15(2)33-16(3)12-34/h5-8,13,15-16,21,23,33H,9-12H2,1-4H3,(H,32,37)/t15-,16+,21-,23+/m0/s1. The molecule has 1 saturated carbocycles. The van der Waals surface area contributed by atoms with Crippen LogP contribution in [0.3, 0.4) is 0 Å². The summed E-state index contributed by atoms with van der Waals surface area (Å²) in [6.07, 6.45) is 0.484. The van der Waals surface area contributed by atoms with Gasteiger partial charge >= 0.3 is 0 Å². The SMILES string of the molecule is COc1c(N2C[C@@H](C)N[C@@H](C)C2)c(F)cc2c(=O)c(C(=O)NCc3ccc(Cl)cc3C)cn([C@@H]3C[C@@H]3F)c12. The Labute approximate surface area is 224 Å². The van der Waals surface area contributed by atoms with Crippen molar-refractivity contribution in [1.29, 1.82) is 0 Å². The number of hydrogen-bond donors (Lipinski definition) is 2. The third-order valence-electron chi connectivity index (χ3n) is 7.30. The van der Waals surface area contributed by atoms with E-state index in [4.69, 9.17) is 16.3 Å². The number of aromatic nitrogens is 1. The number of methoxy groups -OCH3 is 1. The summed E-state index contributed by atoms with van der Waals surface area (Å²) in [7, 11) is 1.41. The number of nitrogens with one attached hydrogen (secondary N) is 2. The second-order valence-corrected chi connectivity index (χ2v) is 10.8. The van der Waals surface area contributed by atoms with Crippen LogP contribution in [0.25, 0.3) is 10.9 Å². The Morgan fingerprint density at radius 2 is 1.92 bits per heavy atom. The van der Waals surface area contributed by atoms with E-state index >= 15 is 4.39 Å². The first-order valence-electron chi connectivity index (χ1n) is 12.7. The summed E-state index contributed by atoms with van der Waals surface area (Å²) in [4.78, 5) is 28.6. The fourth-order valence-corrected chi connectivity index (χ4v) is 5.66. The average molecular weight is 545 g/mol. The number of pyridine rings is 1. The lowest BCUT2D eigenvalue weighted by atomic mass is 10.0. The van der Waals surface area contributed by atoms with Crippen LogP contribution in [0.5, 0.6) is 5.75 Å². The fraction of sp³-hybridized carbons (Fsp3) is 0.429. The van der Waals surface area contributed by atoms with Crippen molar-refractivity contribution in [3.63, 3.8) is 0 Å². The molecule has 202 valence electrons. The summed E-state index contributed by atoms with van der Waals surface area (Å²) >= 11 is 6.02. The molecule has 1 saturated heterocycles. The number of aryl methyl sites for hydroxylation is 1. The van der Waals surface area contributed by atoms with Crippen LogP contribution in [0, 0.1) is 12.7 Å². The molecule has 1 aliphatic heterocycles. The number of carbonyl (C=O) groups excluding carboxylic acids is 1. The second-order valence-electron chi connectivity index (χ2n) is 10.4. The number of hydrogen-bond acceptors (Lipinski definition) is 5. The molecule has 38 heavy (non-hydrogen) atoms. The molecule has 2 aromatic carbocycles. The van der Waals surface area contributed by atoms with Gasteiger partial charge in [0.25, 0.3) is 5.91 Å². The van der Waals surface area contributed by atoms with Gasteiger partial charge in [-0.15, -0.1) is 0 Å². The maximum Gasteiger partial charge on any atom is 0.257 e. The maximum atomic E-state index is 15.7. The molecule has 2 N–H and O–H groups in total. The topological polar surface area (TPSA) is 75.6 Å². The Hall–Kier alpha value is -3.17. The predicted molar refractivity (Wildman–Crippen MR) is 145 cm³/mol. The lowest BCUT2D eigenvalue weighted by Gasteiger charge is -2.38. The number of piperazine rings is 1. The molecule has 0 bridgehead atoms. The molecular weight excluding hydrogens is 514 g/mol. The summed E-state index contributed by atoms with van der Waals surface area (Å²) in [5.41, 5.74) is 1.45. The summed E-state index contributed by atoms with van der Waals surface area (Å²) in [6, 6.07) is 6.10. The van der Waals surface area contributed by atoms with Gasteiger partial charge in [-0.3, -0.25) is 9.59 Å². The highest BCUT2D eigenvalue weighted by Gasteiger charge is 2.41. The number of halogens is 3. The van der Waals surface area contributed by atoms with Crippen LogP contribution >= 0.6 is 11.6 Å². The third-order valence-corrected chi connectivity index (χ3v) is 7.54. The first kappa shape index (κ1) is 26.4. The monoisotopic (exact) mass is 544 g/mol. The molecule has 2 fully saturated rings. The van der Waals surface area contributed by atoms with Crippen molar-refractivity contribution in [1.82, 2.24) is 15.2 Å². The quantitative estimate of drug-likeness (QED) is 0.477. The van der Waals surface area contributed by atoms with Crippen molar-refractivity contribution < 1.29 is 18.3 Å². The zero-order chi connectivity index (χ0) is 27.3. The Kier molecular flexibility index (Phi) is 7.09. The van der Waals surface area contributed by atoms with Gasteiger partial charge in [-0.2, -0.15) is 0 Å². The lowest BCUT2D eigenvalue weighted by molar-refractivity contribution is 0.0949. The van der Waals surface area contributed by atoms with Crippen molar-refractivity contribution in [2.24, 2.45) is 0 Å². The Balaban J connectivity index is 1.60. The van der Waals surface area contributed by atoms with Gasteiger partial charge in [0.05, 0.1) is 24.1 Å². The lowest BCUT2D eigenvalue weighted by Crippen LogP contribution is -2.54. The van der Waals surface area contributed by atoms with E-state index in [0.717, 1.165) is 17.2 Å². The molecule has 0 spiro atoms. The van der Waals surface area contributed by atoms with Gasteiger partial charge in [-0.1, -0.05) is 17.7 Å². The Morgan fingerprint density at radius 1 is 1.24 bits per heavy atom. The largest absolute Gasteiger partial charge is 0.492 e. The van der Waals surface area contributed by atoms with E-state index in [1.807, 2.05) is 25.7 Å². The van der Waals surface area contributed by atoms with Crippen LogP contribution in [0.2, 0.25) is 5.02 Å². The second kappa shape index (κ2) is 10.2. The molecule has 7 nitrogen and oxygen atoms in total. The zero-order valence-corrected chi connectivity index (χ0v) is 22.5. The average Bonchev–Trinajstić information content (AvgIpc) is 3.58. The van der Waals surface area contributed by atoms with Crippen molar-refractivity contribution in [3.05, 3.63) is 68.2 Å². The van der Waals surface area contributed by atoms with Gasteiger partial charge in [-0.25, -0.2) is 8.78 Å². The smallest absolute Gasteiger partial charge is 0.257 e.